The summed E-state index contributed by atoms with van der Waals surface area (Å²) in [6, 6.07) is 1.63. The predicted octanol–water partition coefficient (Wildman–Crippen LogP) is 1.37. The van der Waals surface area contributed by atoms with Crippen molar-refractivity contribution in [3.63, 3.8) is 0 Å². The summed E-state index contributed by atoms with van der Waals surface area (Å²) in [5, 5.41) is 17.8. The lowest BCUT2D eigenvalue weighted by atomic mass is 9.94. The first-order valence-electron chi connectivity index (χ1n) is 5.87. The first-order chi connectivity index (χ1) is 8.41. The molecule has 0 atom stereocenters. The molecule has 0 aliphatic carbocycles. The lowest BCUT2D eigenvalue weighted by molar-refractivity contribution is 0.0350. The van der Waals surface area contributed by atoms with Gasteiger partial charge in [-0.25, -0.2) is 4.98 Å². The number of piperidine rings is 1. The van der Waals surface area contributed by atoms with E-state index in [0.717, 1.165) is 0 Å². The molecule has 18 heavy (non-hydrogen) atoms. The second kappa shape index (κ2) is 4.74. The summed E-state index contributed by atoms with van der Waals surface area (Å²) in [7, 11) is 0. The van der Waals surface area contributed by atoms with Gasteiger partial charge in [0.15, 0.2) is 0 Å². The third-order valence-electron chi connectivity index (χ3n) is 3.30. The smallest absolute Gasteiger partial charge is 0.148 e. The average Bonchev–Trinajstić information content (AvgIpc) is 2.29. The third-order valence-corrected chi connectivity index (χ3v) is 3.67. The van der Waals surface area contributed by atoms with Crippen molar-refractivity contribution in [3.05, 3.63) is 22.8 Å². The van der Waals surface area contributed by atoms with Crippen molar-refractivity contribution in [2.24, 2.45) is 5.73 Å². The summed E-state index contributed by atoms with van der Waals surface area (Å²) < 4.78 is 0. The number of hydrogen-bond acceptors (Lipinski definition) is 4. The molecule has 0 radical (unpaired) electrons. The van der Waals surface area contributed by atoms with E-state index >= 15 is 0 Å². The van der Waals surface area contributed by atoms with Gasteiger partial charge in [0.1, 0.15) is 11.7 Å². The Morgan fingerprint density at radius 2 is 2.17 bits per heavy atom. The van der Waals surface area contributed by atoms with Gasteiger partial charge in [0.2, 0.25) is 0 Å². The summed E-state index contributed by atoms with van der Waals surface area (Å²) in [6.45, 7) is 3.23. The summed E-state index contributed by atoms with van der Waals surface area (Å²) in [4.78, 5) is 6.27. The van der Waals surface area contributed by atoms with E-state index in [9.17, 15) is 5.11 Å². The Kier molecular flexibility index (Phi) is 3.45. The van der Waals surface area contributed by atoms with Crippen LogP contribution in [0.5, 0.6) is 0 Å². The van der Waals surface area contributed by atoms with Crippen LogP contribution < -0.4 is 10.6 Å². The molecule has 98 valence electrons. The molecule has 0 bridgehead atoms. The standard InChI is InChI=1S/C12H17ClN4O/c1-12(18)3-6-17(7-4-12)11-9(13)8(10(14)15)2-5-16-11/h2,5,18H,3-4,6-7H2,1H3,(H3,14,15). The Labute approximate surface area is 111 Å². The molecule has 1 aromatic rings. The highest BCUT2D eigenvalue weighted by Crippen LogP contribution is 2.31. The fourth-order valence-electron chi connectivity index (χ4n) is 2.06. The Bertz CT molecular complexity index is 465. The van der Waals surface area contributed by atoms with Gasteiger partial charge in [0.05, 0.1) is 10.6 Å². The zero-order valence-corrected chi connectivity index (χ0v) is 11.0. The molecule has 0 aromatic carbocycles. The number of hydrogen-bond donors (Lipinski definition) is 3. The van der Waals surface area contributed by atoms with Crippen LogP contribution in [0.1, 0.15) is 25.3 Å². The van der Waals surface area contributed by atoms with Crippen LogP contribution in [-0.4, -0.2) is 34.6 Å². The summed E-state index contributed by atoms with van der Waals surface area (Å²) in [5.74, 6) is 0.576. The maximum atomic E-state index is 9.92. The number of pyridine rings is 1. The SMILES string of the molecule is CC1(O)CCN(c2nccc(C(=N)N)c2Cl)CC1. The van der Waals surface area contributed by atoms with Crippen LogP contribution in [0.2, 0.25) is 5.02 Å². The molecule has 1 saturated heterocycles. The molecule has 5 nitrogen and oxygen atoms in total. The molecule has 6 heteroatoms. The van der Waals surface area contributed by atoms with Gasteiger partial charge in [-0.1, -0.05) is 11.6 Å². The van der Waals surface area contributed by atoms with Gasteiger partial charge >= 0.3 is 0 Å². The van der Waals surface area contributed by atoms with E-state index in [4.69, 9.17) is 22.7 Å². The second-order valence-electron chi connectivity index (χ2n) is 4.89. The summed E-state index contributed by atoms with van der Waals surface area (Å²) >= 11 is 6.22. The highest BCUT2D eigenvalue weighted by atomic mass is 35.5. The molecule has 4 N–H and O–H groups in total. The van der Waals surface area contributed by atoms with Crippen molar-refractivity contribution < 1.29 is 5.11 Å². The lowest BCUT2D eigenvalue weighted by Crippen LogP contribution is -2.43. The van der Waals surface area contributed by atoms with Gasteiger partial charge in [0.25, 0.3) is 0 Å². The van der Waals surface area contributed by atoms with Crippen molar-refractivity contribution >= 4 is 23.3 Å². The minimum absolute atomic E-state index is 0.0624. The van der Waals surface area contributed by atoms with Gasteiger partial charge < -0.3 is 15.7 Å². The average molecular weight is 269 g/mol. The van der Waals surface area contributed by atoms with Crippen molar-refractivity contribution in [2.75, 3.05) is 18.0 Å². The third kappa shape index (κ3) is 2.57. The number of aromatic nitrogens is 1. The van der Waals surface area contributed by atoms with Crippen LogP contribution >= 0.6 is 11.6 Å². The quantitative estimate of drug-likeness (QED) is 0.559. The van der Waals surface area contributed by atoms with Crippen molar-refractivity contribution in [2.45, 2.75) is 25.4 Å². The highest BCUT2D eigenvalue weighted by Gasteiger charge is 2.29. The molecular weight excluding hydrogens is 252 g/mol. The lowest BCUT2D eigenvalue weighted by Gasteiger charge is -2.36. The van der Waals surface area contributed by atoms with Crippen molar-refractivity contribution in [3.8, 4) is 0 Å². The zero-order valence-electron chi connectivity index (χ0n) is 10.3. The number of rotatable bonds is 2. The molecule has 2 heterocycles. The van der Waals surface area contributed by atoms with Gasteiger partial charge in [-0.15, -0.1) is 0 Å². The van der Waals surface area contributed by atoms with E-state index < -0.39 is 5.60 Å². The summed E-state index contributed by atoms with van der Waals surface area (Å²) in [6.07, 6.45) is 2.95. The molecule has 1 fully saturated rings. The number of nitrogens with two attached hydrogens (primary N) is 1. The molecule has 2 rings (SSSR count). The monoisotopic (exact) mass is 268 g/mol. The van der Waals surface area contributed by atoms with E-state index in [1.54, 1.807) is 12.3 Å². The van der Waals surface area contributed by atoms with Crippen LogP contribution in [0.25, 0.3) is 0 Å². The molecule has 0 amide bonds. The Morgan fingerprint density at radius 1 is 1.56 bits per heavy atom. The highest BCUT2D eigenvalue weighted by molar-refractivity contribution is 6.36. The van der Waals surface area contributed by atoms with Gasteiger partial charge in [0, 0.05) is 24.8 Å². The zero-order chi connectivity index (χ0) is 13.3. The maximum absolute atomic E-state index is 9.92. The molecule has 1 aliphatic heterocycles. The van der Waals surface area contributed by atoms with E-state index in [-0.39, 0.29) is 5.84 Å². The minimum Gasteiger partial charge on any atom is -0.390 e. The van der Waals surface area contributed by atoms with Gasteiger partial charge in [-0.05, 0) is 25.8 Å². The molecule has 0 unspecified atom stereocenters. The Balaban J connectivity index is 2.25. The topological polar surface area (TPSA) is 86.2 Å². The normalized spacial score (nSPS) is 18.7. The van der Waals surface area contributed by atoms with Crippen molar-refractivity contribution in [1.29, 1.82) is 5.41 Å². The number of halogens is 1. The van der Waals surface area contributed by atoms with Crippen LogP contribution in [0.4, 0.5) is 5.82 Å². The number of nitrogens with one attached hydrogen (secondary N) is 1. The largest absolute Gasteiger partial charge is 0.390 e. The molecule has 0 saturated carbocycles. The summed E-state index contributed by atoms with van der Waals surface area (Å²) in [5.41, 5.74) is 5.36. The van der Waals surface area contributed by atoms with E-state index in [1.807, 2.05) is 11.8 Å². The molecular formula is C12H17ClN4O. The number of aliphatic hydroxyl groups is 1. The second-order valence-corrected chi connectivity index (χ2v) is 5.27. The Morgan fingerprint density at radius 3 is 2.72 bits per heavy atom. The molecule has 1 aromatic heterocycles. The van der Waals surface area contributed by atoms with E-state index in [2.05, 4.69) is 4.98 Å². The number of anilines is 1. The van der Waals surface area contributed by atoms with Crippen LogP contribution in [0.15, 0.2) is 12.3 Å². The molecule has 1 aliphatic rings. The number of nitrogens with zero attached hydrogens (tertiary/aromatic N) is 2. The van der Waals surface area contributed by atoms with Crippen molar-refractivity contribution in [1.82, 2.24) is 4.98 Å². The van der Waals surface area contributed by atoms with E-state index in [0.29, 0.717) is 42.3 Å². The van der Waals surface area contributed by atoms with Crippen LogP contribution in [0.3, 0.4) is 0 Å². The fourth-order valence-corrected chi connectivity index (χ4v) is 2.39. The van der Waals surface area contributed by atoms with E-state index in [1.165, 1.54) is 0 Å². The molecule has 0 spiro atoms. The number of amidine groups is 1. The fraction of sp³-hybridized carbons (Fsp3) is 0.500. The van der Waals surface area contributed by atoms with Crippen LogP contribution in [-0.2, 0) is 0 Å². The van der Waals surface area contributed by atoms with Gasteiger partial charge in [-0.2, -0.15) is 0 Å². The van der Waals surface area contributed by atoms with Crippen LogP contribution in [0, 0.1) is 5.41 Å². The maximum Gasteiger partial charge on any atom is 0.148 e. The number of nitrogen functional groups attached to an aromatic ring is 1. The minimum atomic E-state index is -0.610. The predicted molar refractivity (Wildman–Crippen MR) is 72.3 cm³/mol. The first kappa shape index (κ1) is 13.1. The Hall–Kier alpha value is -1.33. The first-order valence-corrected chi connectivity index (χ1v) is 6.25. The van der Waals surface area contributed by atoms with Gasteiger partial charge in [-0.3, -0.25) is 5.41 Å².